The fraction of sp³-hybridized carbons (Fsp3) is 0.350. The molecule has 1 aliphatic carbocycles. The lowest BCUT2D eigenvalue weighted by Crippen LogP contribution is -2.31. The van der Waals surface area contributed by atoms with Crippen LogP contribution in [0, 0.1) is 5.92 Å². The molecule has 1 aliphatic rings. The number of hydrogen-bond acceptors (Lipinski definition) is 6. The number of nitrogens with one attached hydrogen (secondary N) is 1. The Morgan fingerprint density at radius 3 is 2.63 bits per heavy atom. The predicted octanol–water partition coefficient (Wildman–Crippen LogP) is 3.23. The van der Waals surface area contributed by atoms with Crippen LogP contribution in [0.3, 0.4) is 0 Å². The molecule has 0 radical (unpaired) electrons. The van der Waals surface area contributed by atoms with Gasteiger partial charge in [-0.2, -0.15) is 0 Å². The molecule has 0 spiro atoms. The van der Waals surface area contributed by atoms with E-state index < -0.39 is 0 Å². The van der Waals surface area contributed by atoms with Crippen LogP contribution in [0.25, 0.3) is 11.6 Å². The van der Waals surface area contributed by atoms with Gasteiger partial charge in [0, 0.05) is 30.4 Å². The molecule has 2 aromatic heterocycles. The number of carbonyl (C=O) groups excluding carboxylic acids is 1. The molecule has 27 heavy (non-hydrogen) atoms. The third-order valence-corrected chi connectivity index (χ3v) is 5.01. The smallest absolute Gasteiger partial charge is 0.267 e. The van der Waals surface area contributed by atoms with Crippen LogP contribution < -0.4 is 5.32 Å². The maximum atomic E-state index is 12.2. The third kappa shape index (κ3) is 4.19. The summed E-state index contributed by atoms with van der Waals surface area (Å²) in [5.74, 6) is 1.82. The summed E-state index contributed by atoms with van der Waals surface area (Å²) in [6.45, 7) is 0.704. The van der Waals surface area contributed by atoms with Crippen molar-refractivity contribution in [2.45, 2.75) is 31.6 Å². The molecule has 1 saturated carbocycles. The lowest BCUT2D eigenvalue weighted by molar-refractivity contribution is 0.0942. The van der Waals surface area contributed by atoms with E-state index in [2.05, 4.69) is 25.5 Å². The molecule has 1 aromatic carbocycles. The SMILES string of the molecule is O=C(NCC1CCC(c2nnc(-c3cnccn3)o2)CC1)c1ccccc1. The molecule has 0 saturated heterocycles. The predicted molar refractivity (Wildman–Crippen MR) is 98.8 cm³/mol. The largest absolute Gasteiger partial charge is 0.419 e. The molecule has 1 N–H and O–H groups in total. The van der Waals surface area contributed by atoms with Crippen LogP contribution in [0.1, 0.15) is 47.8 Å². The summed E-state index contributed by atoms with van der Waals surface area (Å²) in [6, 6.07) is 9.32. The highest BCUT2D eigenvalue weighted by atomic mass is 16.4. The minimum absolute atomic E-state index is 0.0109. The van der Waals surface area contributed by atoms with E-state index in [1.165, 1.54) is 0 Å². The molecule has 138 valence electrons. The van der Waals surface area contributed by atoms with Crippen LogP contribution in [0.4, 0.5) is 0 Å². The van der Waals surface area contributed by atoms with Crippen LogP contribution in [0.15, 0.2) is 53.3 Å². The summed E-state index contributed by atoms with van der Waals surface area (Å²) in [6.07, 6.45) is 8.85. The molecule has 3 aromatic rings. The maximum absolute atomic E-state index is 12.2. The Morgan fingerprint density at radius 1 is 1.07 bits per heavy atom. The van der Waals surface area contributed by atoms with E-state index in [9.17, 15) is 4.79 Å². The maximum Gasteiger partial charge on any atom is 0.267 e. The van der Waals surface area contributed by atoms with Crippen LogP contribution >= 0.6 is 0 Å². The lowest BCUT2D eigenvalue weighted by atomic mass is 9.82. The zero-order valence-corrected chi connectivity index (χ0v) is 14.9. The van der Waals surface area contributed by atoms with Crippen molar-refractivity contribution < 1.29 is 9.21 Å². The van der Waals surface area contributed by atoms with Gasteiger partial charge in [-0.3, -0.25) is 9.78 Å². The van der Waals surface area contributed by atoms with Crippen molar-refractivity contribution in [3.8, 4) is 11.6 Å². The van der Waals surface area contributed by atoms with E-state index >= 15 is 0 Å². The monoisotopic (exact) mass is 363 g/mol. The van der Waals surface area contributed by atoms with Crippen molar-refractivity contribution >= 4 is 5.91 Å². The Labute approximate surface area is 157 Å². The van der Waals surface area contributed by atoms with Crippen LogP contribution in [-0.2, 0) is 0 Å². The molecule has 0 unspecified atom stereocenters. The summed E-state index contributed by atoms with van der Waals surface area (Å²) in [7, 11) is 0. The Balaban J connectivity index is 1.28. The number of benzene rings is 1. The number of nitrogens with zero attached hydrogens (tertiary/aromatic N) is 4. The fourth-order valence-corrected chi connectivity index (χ4v) is 3.45. The Bertz CT molecular complexity index is 874. The van der Waals surface area contributed by atoms with Crippen LogP contribution in [0.5, 0.6) is 0 Å². The second-order valence-electron chi connectivity index (χ2n) is 6.83. The minimum Gasteiger partial charge on any atom is -0.419 e. The highest BCUT2D eigenvalue weighted by Crippen LogP contribution is 2.35. The van der Waals surface area contributed by atoms with Crippen LogP contribution in [-0.4, -0.2) is 32.6 Å². The number of rotatable bonds is 5. The molecule has 7 heteroatoms. The van der Waals surface area contributed by atoms with Gasteiger partial charge in [-0.1, -0.05) is 18.2 Å². The van der Waals surface area contributed by atoms with Gasteiger partial charge in [0.1, 0.15) is 5.69 Å². The number of aromatic nitrogens is 4. The van der Waals surface area contributed by atoms with Gasteiger partial charge < -0.3 is 9.73 Å². The first-order valence-electron chi connectivity index (χ1n) is 9.22. The van der Waals surface area contributed by atoms with Gasteiger partial charge in [-0.25, -0.2) is 4.98 Å². The third-order valence-electron chi connectivity index (χ3n) is 5.01. The molecule has 2 heterocycles. The first-order valence-corrected chi connectivity index (χ1v) is 9.22. The summed E-state index contributed by atoms with van der Waals surface area (Å²) in [5, 5.41) is 11.3. The van der Waals surface area contributed by atoms with Gasteiger partial charge in [0.25, 0.3) is 11.8 Å². The topological polar surface area (TPSA) is 93.8 Å². The standard InChI is InChI=1S/C20H21N5O2/c26-18(15-4-2-1-3-5-15)23-12-14-6-8-16(9-7-14)19-24-25-20(27-19)17-13-21-10-11-22-17/h1-5,10-11,13-14,16H,6-9,12H2,(H,23,26). The van der Waals surface area contributed by atoms with Gasteiger partial charge in [-0.05, 0) is 43.7 Å². The Kier molecular flexibility index (Phi) is 5.18. The Morgan fingerprint density at radius 2 is 1.89 bits per heavy atom. The van der Waals surface area contributed by atoms with Crippen molar-refractivity contribution in [3.63, 3.8) is 0 Å². The van der Waals surface area contributed by atoms with Gasteiger partial charge in [0.05, 0.1) is 6.20 Å². The number of hydrogen-bond donors (Lipinski definition) is 1. The van der Waals surface area contributed by atoms with Crippen molar-refractivity contribution in [2.24, 2.45) is 5.92 Å². The van der Waals surface area contributed by atoms with Gasteiger partial charge >= 0.3 is 0 Å². The molecule has 1 fully saturated rings. The minimum atomic E-state index is -0.0109. The summed E-state index contributed by atoms with van der Waals surface area (Å²) in [4.78, 5) is 20.4. The van der Waals surface area contributed by atoms with Crippen molar-refractivity contribution in [3.05, 3.63) is 60.4 Å². The molecule has 4 rings (SSSR count). The zero-order valence-electron chi connectivity index (χ0n) is 14.9. The van der Waals surface area contributed by atoms with Crippen molar-refractivity contribution in [1.82, 2.24) is 25.5 Å². The summed E-state index contributed by atoms with van der Waals surface area (Å²) in [5.41, 5.74) is 1.29. The quantitative estimate of drug-likeness (QED) is 0.748. The molecule has 0 atom stereocenters. The van der Waals surface area contributed by atoms with Gasteiger partial charge in [-0.15, -0.1) is 10.2 Å². The normalized spacial score (nSPS) is 19.6. The van der Waals surface area contributed by atoms with Crippen LogP contribution in [0.2, 0.25) is 0 Å². The average Bonchev–Trinajstić information content (AvgIpc) is 3.24. The van der Waals surface area contributed by atoms with E-state index in [4.69, 9.17) is 4.42 Å². The zero-order chi connectivity index (χ0) is 18.5. The molecular weight excluding hydrogens is 342 g/mol. The van der Waals surface area contributed by atoms with Gasteiger partial charge in [0.2, 0.25) is 5.89 Å². The second-order valence-corrected chi connectivity index (χ2v) is 6.83. The molecular formula is C20H21N5O2. The average molecular weight is 363 g/mol. The molecule has 0 bridgehead atoms. The van der Waals surface area contributed by atoms with E-state index in [1.54, 1.807) is 18.6 Å². The van der Waals surface area contributed by atoms with E-state index in [0.717, 1.165) is 25.7 Å². The number of amides is 1. The van der Waals surface area contributed by atoms with Crippen molar-refractivity contribution in [1.29, 1.82) is 0 Å². The number of carbonyl (C=O) groups is 1. The molecule has 0 aliphatic heterocycles. The van der Waals surface area contributed by atoms with Gasteiger partial charge in [0.15, 0.2) is 0 Å². The second kappa shape index (κ2) is 8.07. The Hall–Kier alpha value is -3.09. The summed E-state index contributed by atoms with van der Waals surface area (Å²) >= 11 is 0. The fourth-order valence-electron chi connectivity index (χ4n) is 3.45. The molecule has 1 amide bonds. The first kappa shape index (κ1) is 17.3. The van der Waals surface area contributed by atoms with E-state index in [-0.39, 0.29) is 11.8 Å². The van der Waals surface area contributed by atoms with E-state index in [0.29, 0.717) is 35.5 Å². The summed E-state index contributed by atoms with van der Waals surface area (Å²) < 4.78 is 5.81. The molecule has 7 nitrogen and oxygen atoms in total. The highest BCUT2D eigenvalue weighted by molar-refractivity contribution is 5.94. The lowest BCUT2D eigenvalue weighted by Gasteiger charge is -2.26. The first-order chi connectivity index (χ1) is 13.3. The van der Waals surface area contributed by atoms with Crippen molar-refractivity contribution in [2.75, 3.05) is 6.54 Å². The van der Waals surface area contributed by atoms with E-state index in [1.807, 2.05) is 30.3 Å². The highest BCUT2D eigenvalue weighted by Gasteiger charge is 2.27.